The van der Waals surface area contributed by atoms with Gasteiger partial charge in [0.1, 0.15) is 0 Å². The molecule has 0 radical (unpaired) electrons. The third kappa shape index (κ3) is 7.11. The number of carboxylic acid groups (broad SMARTS) is 1. The van der Waals surface area contributed by atoms with E-state index in [1.54, 1.807) is 0 Å². The summed E-state index contributed by atoms with van der Waals surface area (Å²) in [5, 5.41) is 11.1. The summed E-state index contributed by atoms with van der Waals surface area (Å²) in [6.07, 6.45) is 13.7. The number of aliphatic carboxylic acids is 1. The number of carbonyl (C=O) groups excluding carboxylic acids is 1. The molecule has 0 saturated heterocycles. The van der Waals surface area contributed by atoms with E-state index >= 15 is 0 Å². The van der Waals surface area contributed by atoms with Crippen molar-refractivity contribution in [3.05, 3.63) is 89.5 Å². The van der Waals surface area contributed by atoms with Gasteiger partial charge in [-0.05, 0) is 129 Å². The Labute approximate surface area is 251 Å². The molecule has 218 valence electrons. The van der Waals surface area contributed by atoms with E-state index in [1.807, 2.05) is 0 Å². The number of carbonyl (C=O) groups is 1. The van der Waals surface area contributed by atoms with Crippen LogP contribution in [0.5, 0.6) is 0 Å². The van der Waals surface area contributed by atoms with Crippen LogP contribution in [0.2, 0.25) is 0 Å². The van der Waals surface area contributed by atoms with Gasteiger partial charge in [-0.3, -0.25) is 0 Å². The summed E-state index contributed by atoms with van der Waals surface area (Å²) < 4.78 is 0. The number of hydrogen-bond acceptors (Lipinski definition) is 2. The third-order valence-corrected chi connectivity index (χ3v) is 11.8. The molecule has 0 heterocycles. The first-order valence-corrected chi connectivity index (χ1v) is 17.4. The Balaban J connectivity index is 0.000000213. The van der Waals surface area contributed by atoms with Crippen molar-refractivity contribution >= 4 is 16.9 Å². The zero-order valence-corrected chi connectivity index (χ0v) is 26.2. The maximum absolute atomic E-state index is 11.1. The lowest BCUT2D eigenvalue weighted by Gasteiger charge is -2.57. The van der Waals surface area contributed by atoms with Gasteiger partial charge in [0.15, 0.2) is 14.7 Å². The molecular weight excluding hydrogens is 520 g/mol. The molecule has 2 nitrogen and oxygen atoms in total. The van der Waals surface area contributed by atoms with Crippen LogP contribution in [0.3, 0.4) is 0 Å². The number of aryl methyl sites for hydroxylation is 3. The summed E-state index contributed by atoms with van der Waals surface area (Å²) in [7, 11) is -0.0512. The molecule has 41 heavy (non-hydrogen) atoms. The molecule has 0 aromatic heterocycles. The van der Waals surface area contributed by atoms with Crippen molar-refractivity contribution in [3.8, 4) is 0 Å². The minimum atomic E-state index is -0.758. The lowest BCUT2D eigenvalue weighted by Crippen LogP contribution is -2.54. The summed E-state index contributed by atoms with van der Waals surface area (Å²) in [6, 6.07) is 27.9. The second-order valence-corrected chi connectivity index (χ2v) is 15.0. The summed E-state index contributed by atoms with van der Waals surface area (Å²) in [5.41, 5.74) is 3.92. The van der Waals surface area contributed by atoms with E-state index < -0.39 is 11.4 Å². The lowest BCUT2D eigenvalue weighted by molar-refractivity contribution is -0.327. The second kappa shape index (κ2) is 13.6. The molecule has 0 aliphatic heterocycles. The van der Waals surface area contributed by atoms with Crippen molar-refractivity contribution in [1.82, 2.24) is 0 Å². The van der Waals surface area contributed by atoms with Gasteiger partial charge in [-0.2, -0.15) is 0 Å². The molecule has 4 saturated carbocycles. The van der Waals surface area contributed by atoms with Crippen LogP contribution >= 0.6 is 0 Å². The largest absolute Gasteiger partial charge is 0.550 e. The van der Waals surface area contributed by atoms with Crippen LogP contribution in [0, 0.1) is 23.2 Å². The van der Waals surface area contributed by atoms with Gasteiger partial charge in [-0.15, -0.1) is 0 Å². The van der Waals surface area contributed by atoms with E-state index in [2.05, 4.69) is 93.6 Å². The van der Waals surface area contributed by atoms with Crippen LogP contribution in [0.15, 0.2) is 87.5 Å². The van der Waals surface area contributed by atoms with Crippen molar-refractivity contribution in [2.24, 2.45) is 23.2 Å². The van der Waals surface area contributed by atoms with Gasteiger partial charge in [0.25, 0.3) is 0 Å². The van der Waals surface area contributed by atoms with Crippen molar-refractivity contribution in [2.45, 2.75) is 113 Å². The molecule has 3 aromatic carbocycles. The highest BCUT2D eigenvalue weighted by atomic mass is 32.2. The predicted molar refractivity (Wildman–Crippen MR) is 169 cm³/mol. The molecule has 4 aliphatic rings. The first kappa shape index (κ1) is 30.0. The van der Waals surface area contributed by atoms with Crippen LogP contribution in [-0.2, 0) is 35.0 Å². The average molecular weight is 569 g/mol. The summed E-state index contributed by atoms with van der Waals surface area (Å²) in [6.45, 7) is 6.73. The van der Waals surface area contributed by atoms with Gasteiger partial charge in [-0.1, -0.05) is 76.4 Å². The second-order valence-electron chi connectivity index (χ2n) is 13.0. The fraction of sp³-hybridized carbons (Fsp3) is 0.500. The maximum Gasteiger partial charge on any atom is 0.166 e. The van der Waals surface area contributed by atoms with E-state index in [1.165, 1.54) is 69.9 Å². The Bertz CT molecular complexity index is 1110. The molecular formula is C38H48O2S. The maximum atomic E-state index is 11.1. The van der Waals surface area contributed by atoms with E-state index in [0.717, 1.165) is 38.5 Å². The quantitative estimate of drug-likeness (QED) is 0.230. The van der Waals surface area contributed by atoms with Crippen molar-refractivity contribution in [2.75, 3.05) is 0 Å². The number of benzene rings is 3. The number of rotatable bonds is 10. The SMILES string of the molecule is CCCc1ccc([S+](c2ccc(CCC)cc2)c2ccc(CCC)cc2)cc1.O=C([O-])C12CC3CC(CC(C3)C1)C2. The third-order valence-electron chi connectivity index (χ3n) is 9.56. The molecule has 4 bridgehead atoms. The fourth-order valence-corrected chi connectivity index (χ4v) is 10.1. The topological polar surface area (TPSA) is 40.1 Å². The lowest BCUT2D eigenvalue weighted by atomic mass is 9.49. The molecule has 3 aromatic rings. The standard InChI is InChI=1S/C27H33S.C11H16O2/c1-4-7-22-10-16-25(17-11-22)28(26-18-12-23(8-5-2)13-19-26)27-20-14-24(9-6-3)15-21-27;12-10(13)11-4-7-1-8(5-11)3-9(2-7)6-11/h10-21H,4-9H2,1-3H3;7-9H,1-6H2,(H,12,13)/q+1;/p-1. The highest BCUT2D eigenvalue weighted by Gasteiger charge is 2.51. The average Bonchev–Trinajstić information content (AvgIpc) is 2.96. The van der Waals surface area contributed by atoms with E-state index in [-0.39, 0.29) is 10.9 Å². The highest BCUT2D eigenvalue weighted by Crippen LogP contribution is 2.59. The molecule has 0 amide bonds. The Morgan fingerprint density at radius 2 is 0.902 bits per heavy atom. The summed E-state index contributed by atoms with van der Waals surface area (Å²) in [5.74, 6) is 1.38. The van der Waals surface area contributed by atoms with E-state index in [4.69, 9.17) is 0 Å². The highest BCUT2D eigenvalue weighted by molar-refractivity contribution is 7.97. The Morgan fingerprint density at radius 1 is 0.610 bits per heavy atom. The predicted octanol–water partition coefficient (Wildman–Crippen LogP) is 8.59. The molecule has 3 heteroatoms. The minimum Gasteiger partial charge on any atom is -0.550 e. The van der Waals surface area contributed by atoms with Crippen molar-refractivity contribution < 1.29 is 9.90 Å². The van der Waals surface area contributed by atoms with Crippen LogP contribution < -0.4 is 5.11 Å². The Kier molecular flexibility index (Phi) is 9.96. The first-order chi connectivity index (χ1) is 19.9. The summed E-state index contributed by atoms with van der Waals surface area (Å²) >= 11 is 0. The summed E-state index contributed by atoms with van der Waals surface area (Å²) in [4.78, 5) is 15.4. The van der Waals surface area contributed by atoms with Gasteiger partial charge < -0.3 is 9.90 Å². The van der Waals surface area contributed by atoms with Gasteiger partial charge in [0.2, 0.25) is 0 Å². The monoisotopic (exact) mass is 568 g/mol. The molecule has 0 spiro atoms. The molecule has 4 aliphatic carbocycles. The minimum absolute atomic E-state index is 0.0512. The zero-order chi connectivity index (χ0) is 28.8. The van der Waals surface area contributed by atoms with E-state index in [0.29, 0.717) is 17.8 Å². The smallest absolute Gasteiger partial charge is 0.166 e. The number of hydrogen-bond donors (Lipinski definition) is 0. The normalized spacial score (nSPS) is 24.2. The van der Waals surface area contributed by atoms with Crippen LogP contribution in [0.25, 0.3) is 0 Å². The van der Waals surface area contributed by atoms with Crippen LogP contribution in [0.1, 0.15) is 95.2 Å². The molecule has 0 N–H and O–H groups in total. The van der Waals surface area contributed by atoms with Crippen molar-refractivity contribution in [1.29, 1.82) is 0 Å². The van der Waals surface area contributed by atoms with E-state index in [9.17, 15) is 9.90 Å². The van der Waals surface area contributed by atoms with Gasteiger partial charge in [0, 0.05) is 11.4 Å². The van der Waals surface area contributed by atoms with Gasteiger partial charge >= 0.3 is 0 Å². The zero-order valence-electron chi connectivity index (χ0n) is 25.4. The Morgan fingerprint density at radius 3 is 1.15 bits per heavy atom. The van der Waals surface area contributed by atoms with Crippen LogP contribution in [-0.4, -0.2) is 5.97 Å². The number of carboxylic acids is 1. The fourth-order valence-electron chi connectivity index (χ4n) is 8.01. The molecule has 7 rings (SSSR count). The van der Waals surface area contributed by atoms with Crippen LogP contribution in [0.4, 0.5) is 0 Å². The Hall–Kier alpha value is -2.52. The van der Waals surface area contributed by atoms with Gasteiger partial charge in [0.05, 0.1) is 10.9 Å². The van der Waals surface area contributed by atoms with Gasteiger partial charge in [-0.25, -0.2) is 0 Å². The molecule has 0 unspecified atom stereocenters. The molecule has 4 fully saturated rings. The van der Waals surface area contributed by atoms with Crippen molar-refractivity contribution in [3.63, 3.8) is 0 Å². The molecule has 0 atom stereocenters. The first-order valence-electron chi connectivity index (χ1n) is 16.2.